The van der Waals surface area contributed by atoms with Crippen LogP contribution in [0.1, 0.15) is 24.8 Å². The van der Waals surface area contributed by atoms with Gasteiger partial charge in [-0.25, -0.2) is 18.7 Å². The average Bonchev–Trinajstić information content (AvgIpc) is 3.20. The quantitative estimate of drug-likeness (QED) is 0.426. The number of piperidine rings is 1. The van der Waals surface area contributed by atoms with E-state index in [9.17, 15) is 8.78 Å². The van der Waals surface area contributed by atoms with Gasteiger partial charge in [-0.3, -0.25) is 0 Å². The molecule has 1 saturated heterocycles. The number of hydrogen-bond donors (Lipinski definition) is 2. The predicted octanol–water partition coefficient (Wildman–Crippen LogP) is 4.77. The lowest BCUT2D eigenvalue weighted by molar-refractivity contribution is 0.339. The molecule has 0 unspecified atom stereocenters. The van der Waals surface area contributed by atoms with Crippen molar-refractivity contribution in [2.45, 2.75) is 32.4 Å². The Morgan fingerprint density at radius 3 is 2.52 bits per heavy atom. The van der Waals surface area contributed by atoms with E-state index in [1.165, 1.54) is 12.1 Å². The normalized spacial score (nSPS) is 14.6. The average molecular weight is 449 g/mol. The first-order valence-electron chi connectivity index (χ1n) is 11.3. The summed E-state index contributed by atoms with van der Waals surface area (Å²) in [6, 6.07) is 13.3. The molecular weight excluding hydrogens is 422 g/mol. The molecule has 1 aliphatic rings. The number of imidazole rings is 1. The first-order chi connectivity index (χ1) is 16.2. The number of hydrogen-bond acceptors (Lipinski definition) is 5. The van der Waals surface area contributed by atoms with Crippen LogP contribution in [-0.2, 0) is 13.1 Å². The van der Waals surface area contributed by atoms with Gasteiger partial charge in [-0.05, 0) is 56.5 Å². The van der Waals surface area contributed by atoms with E-state index >= 15 is 0 Å². The molecule has 0 atom stereocenters. The molecule has 3 heterocycles. The zero-order chi connectivity index (χ0) is 22.6. The van der Waals surface area contributed by atoms with Crippen molar-refractivity contribution in [3.8, 4) is 11.4 Å². The smallest absolute Gasteiger partial charge is 0.225 e. The molecule has 8 heteroatoms. The molecule has 0 aliphatic carbocycles. The van der Waals surface area contributed by atoms with E-state index in [4.69, 9.17) is 0 Å². The second-order valence-corrected chi connectivity index (χ2v) is 8.40. The molecule has 0 radical (unpaired) electrons. The summed E-state index contributed by atoms with van der Waals surface area (Å²) in [5.74, 6) is 0.950. The lowest BCUT2D eigenvalue weighted by Gasteiger charge is -2.23. The van der Waals surface area contributed by atoms with Gasteiger partial charge in [0.25, 0.3) is 0 Å². The van der Waals surface area contributed by atoms with Crippen LogP contribution in [-0.4, -0.2) is 32.6 Å². The van der Waals surface area contributed by atoms with Crippen LogP contribution < -0.4 is 10.6 Å². The summed E-state index contributed by atoms with van der Waals surface area (Å²) < 4.78 is 30.6. The van der Waals surface area contributed by atoms with Crippen molar-refractivity contribution >= 4 is 17.1 Å². The SMILES string of the molecule is Fc1ccccc1CNc1ncc2nc(-c3ccccc3F)n(CCC3CCNCC3)c2n1. The second kappa shape index (κ2) is 9.62. The Labute approximate surface area is 191 Å². The van der Waals surface area contributed by atoms with Gasteiger partial charge in [0.2, 0.25) is 5.95 Å². The topological polar surface area (TPSA) is 67.7 Å². The van der Waals surface area contributed by atoms with Crippen molar-refractivity contribution in [3.63, 3.8) is 0 Å². The highest BCUT2D eigenvalue weighted by Gasteiger charge is 2.20. The second-order valence-electron chi connectivity index (χ2n) is 8.40. The molecule has 33 heavy (non-hydrogen) atoms. The van der Waals surface area contributed by atoms with Crippen molar-refractivity contribution in [2.75, 3.05) is 18.4 Å². The van der Waals surface area contributed by atoms with E-state index in [2.05, 4.69) is 25.6 Å². The number of anilines is 1. The molecule has 1 aliphatic heterocycles. The molecule has 4 aromatic rings. The van der Waals surface area contributed by atoms with Crippen molar-refractivity contribution in [1.82, 2.24) is 24.8 Å². The maximum Gasteiger partial charge on any atom is 0.225 e. The minimum atomic E-state index is -0.318. The molecule has 0 spiro atoms. The lowest BCUT2D eigenvalue weighted by atomic mass is 9.95. The highest BCUT2D eigenvalue weighted by Crippen LogP contribution is 2.28. The van der Waals surface area contributed by atoms with Crippen LogP contribution in [0.5, 0.6) is 0 Å². The monoisotopic (exact) mass is 448 g/mol. The summed E-state index contributed by atoms with van der Waals surface area (Å²) in [5.41, 5.74) is 2.23. The third-order valence-corrected chi connectivity index (χ3v) is 6.22. The lowest BCUT2D eigenvalue weighted by Crippen LogP contribution is -2.28. The maximum atomic E-state index is 14.7. The summed E-state index contributed by atoms with van der Waals surface area (Å²) in [6.07, 6.45) is 4.87. The molecule has 170 valence electrons. The Morgan fingerprint density at radius 1 is 0.970 bits per heavy atom. The summed E-state index contributed by atoms with van der Waals surface area (Å²) in [6.45, 7) is 3.01. The van der Waals surface area contributed by atoms with Crippen LogP contribution in [0.3, 0.4) is 0 Å². The highest BCUT2D eigenvalue weighted by molar-refractivity contribution is 5.77. The third-order valence-electron chi connectivity index (χ3n) is 6.22. The van der Waals surface area contributed by atoms with Crippen LogP contribution in [0.4, 0.5) is 14.7 Å². The Kier molecular flexibility index (Phi) is 6.26. The van der Waals surface area contributed by atoms with Gasteiger partial charge in [0.1, 0.15) is 23.0 Å². The Bertz CT molecular complexity index is 1250. The molecule has 6 nitrogen and oxygen atoms in total. The van der Waals surface area contributed by atoms with Crippen LogP contribution in [0, 0.1) is 17.6 Å². The Morgan fingerprint density at radius 2 is 1.73 bits per heavy atom. The summed E-state index contributed by atoms with van der Waals surface area (Å²) in [4.78, 5) is 13.7. The minimum Gasteiger partial charge on any atom is -0.350 e. The first kappa shape index (κ1) is 21.5. The maximum absolute atomic E-state index is 14.7. The number of halogens is 2. The molecule has 1 fully saturated rings. The van der Waals surface area contributed by atoms with E-state index in [1.807, 2.05) is 10.6 Å². The summed E-state index contributed by atoms with van der Waals surface area (Å²) >= 11 is 0. The van der Waals surface area contributed by atoms with Crippen LogP contribution >= 0.6 is 0 Å². The fourth-order valence-electron chi connectivity index (χ4n) is 4.36. The highest BCUT2D eigenvalue weighted by atomic mass is 19.1. The molecular formula is C25H26F2N6. The summed E-state index contributed by atoms with van der Waals surface area (Å²) in [5, 5.41) is 6.50. The number of aromatic nitrogens is 4. The number of aryl methyl sites for hydroxylation is 1. The van der Waals surface area contributed by atoms with Crippen LogP contribution in [0.2, 0.25) is 0 Å². The fraction of sp³-hybridized carbons (Fsp3) is 0.320. The zero-order valence-corrected chi connectivity index (χ0v) is 18.3. The molecule has 0 saturated carbocycles. The zero-order valence-electron chi connectivity index (χ0n) is 18.3. The van der Waals surface area contributed by atoms with Gasteiger partial charge in [-0.2, -0.15) is 4.98 Å². The summed E-state index contributed by atoms with van der Waals surface area (Å²) in [7, 11) is 0. The first-order valence-corrected chi connectivity index (χ1v) is 11.3. The van der Waals surface area contributed by atoms with Gasteiger partial charge in [0, 0.05) is 18.7 Å². The van der Waals surface area contributed by atoms with Crippen molar-refractivity contribution in [1.29, 1.82) is 0 Å². The van der Waals surface area contributed by atoms with Gasteiger partial charge < -0.3 is 15.2 Å². The van der Waals surface area contributed by atoms with Crippen LogP contribution in [0.15, 0.2) is 54.7 Å². The van der Waals surface area contributed by atoms with Crippen molar-refractivity contribution in [2.24, 2.45) is 5.92 Å². The molecule has 2 aromatic carbocycles. The van der Waals surface area contributed by atoms with Gasteiger partial charge in [-0.15, -0.1) is 0 Å². The fourth-order valence-corrected chi connectivity index (χ4v) is 4.36. The standard InChI is InChI=1S/C25H26F2N6/c26-20-7-3-1-5-18(20)15-29-25-30-16-22-24(32-25)33(14-11-17-9-12-28-13-10-17)23(31-22)19-6-2-4-8-21(19)27/h1-8,16-17,28H,9-15H2,(H,29,30,32). The largest absolute Gasteiger partial charge is 0.350 e. The number of fused-ring (bicyclic) bond motifs is 1. The van der Waals surface area contributed by atoms with E-state index in [-0.39, 0.29) is 18.2 Å². The van der Waals surface area contributed by atoms with Crippen LogP contribution in [0.25, 0.3) is 22.6 Å². The number of benzene rings is 2. The predicted molar refractivity (Wildman–Crippen MR) is 125 cm³/mol. The van der Waals surface area contributed by atoms with Gasteiger partial charge in [0.05, 0.1) is 11.8 Å². The molecule has 5 rings (SSSR count). The van der Waals surface area contributed by atoms with Gasteiger partial charge in [0.15, 0.2) is 5.65 Å². The van der Waals surface area contributed by atoms with E-state index in [1.54, 1.807) is 36.5 Å². The molecule has 2 aromatic heterocycles. The third kappa shape index (κ3) is 4.71. The Hall–Kier alpha value is -3.39. The van der Waals surface area contributed by atoms with Gasteiger partial charge >= 0.3 is 0 Å². The minimum absolute atomic E-state index is 0.265. The molecule has 0 amide bonds. The number of rotatable bonds is 7. The van der Waals surface area contributed by atoms with Gasteiger partial charge in [-0.1, -0.05) is 30.3 Å². The van der Waals surface area contributed by atoms with E-state index < -0.39 is 0 Å². The van der Waals surface area contributed by atoms with E-state index in [0.717, 1.165) is 32.4 Å². The van der Waals surface area contributed by atoms with Crippen molar-refractivity contribution < 1.29 is 8.78 Å². The number of nitrogens with one attached hydrogen (secondary N) is 2. The molecule has 2 N–H and O–H groups in total. The molecule has 0 bridgehead atoms. The van der Waals surface area contributed by atoms with Crippen molar-refractivity contribution in [3.05, 3.63) is 71.9 Å². The van der Waals surface area contributed by atoms with E-state index in [0.29, 0.717) is 46.5 Å². The number of nitrogens with zero attached hydrogens (tertiary/aromatic N) is 4. The Balaban J connectivity index is 1.48.